The van der Waals surface area contributed by atoms with Crippen LogP contribution in [0.15, 0.2) is 70.9 Å². The summed E-state index contributed by atoms with van der Waals surface area (Å²) in [7, 11) is 0. The molecule has 0 bridgehead atoms. The molecule has 0 amide bonds. The van der Waals surface area contributed by atoms with Gasteiger partial charge in [0.05, 0.1) is 11.4 Å². The van der Waals surface area contributed by atoms with Crippen LogP contribution in [0.25, 0.3) is 0 Å². The van der Waals surface area contributed by atoms with Crippen LogP contribution in [-0.2, 0) is 0 Å². The van der Waals surface area contributed by atoms with Crippen molar-refractivity contribution >= 4 is 11.4 Å². The van der Waals surface area contributed by atoms with Gasteiger partial charge in [0.25, 0.3) is 0 Å². The molecule has 2 aromatic rings. The third-order valence-corrected chi connectivity index (χ3v) is 4.71. The molecule has 0 spiro atoms. The van der Waals surface area contributed by atoms with Crippen molar-refractivity contribution in [3.05, 3.63) is 71.8 Å². The Bertz CT molecular complexity index is 737. The predicted molar refractivity (Wildman–Crippen MR) is 86.0 cm³/mol. The molecule has 22 heavy (non-hydrogen) atoms. The smallest absolute Gasteiger partial charge is 0.0729 e. The van der Waals surface area contributed by atoms with Crippen LogP contribution in [0.4, 0.5) is 0 Å². The Morgan fingerprint density at radius 2 is 1.50 bits per heavy atom. The second-order valence-electron chi connectivity index (χ2n) is 6.00. The van der Waals surface area contributed by atoms with Gasteiger partial charge in [-0.15, -0.1) is 0 Å². The summed E-state index contributed by atoms with van der Waals surface area (Å²) in [6.45, 7) is 0. The quantitative estimate of drug-likeness (QED) is 0.838. The second-order valence-corrected chi connectivity index (χ2v) is 6.00. The zero-order valence-electron chi connectivity index (χ0n) is 12.3. The lowest BCUT2D eigenvalue weighted by molar-refractivity contribution is -0.454. The molecule has 110 valence electrons. The second kappa shape index (κ2) is 5.18. The van der Waals surface area contributed by atoms with Gasteiger partial charge in [0.15, 0.2) is 0 Å². The van der Waals surface area contributed by atoms with E-state index in [0.717, 1.165) is 29.7 Å². The van der Waals surface area contributed by atoms with E-state index in [-0.39, 0.29) is 5.92 Å². The molecule has 2 aliphatic rings. The maximum absolute atomic E-state index is 13.6. The maximum atomic E-state index is 13.6. The number of rotatable bonds is 2. The average molecular weight is 289 g/mol. The fourth-order valence-corrected chi connectivity index (χ4v) is 3.64. The Kier molecular flexibility index (Phi) is 3.16. The first kappa shape index (κ1) is 13.4. The average Bonchev–Trinajstić information content (AvgIpc) is 2.98. The Hall–Kier alpha value is -2.26. The Morgan fingerprint density at radius 1 is 0.864 bits per heavy atom. The summed E-state index contributed by atoms with van der Waals surface area (Å²) in [5.74, 6) is -0.0809. The molecule has 4 rings (SSSR count). The molecule has 2 aromatic carbocycles. The highest BCUT2D eigenvalue weighted by Crippen LogP contribution is 2.40. The van der Waals surface area contributed by atoms with Crippen LogP contribution in [0.3, 0.4) is 0 Å². The maximum Gasteiger partial charge on any atom is 0.0729 e. The third-order valence-electron chi connectivity index (χ3n) is 4.71. The predicted octanol–water partition coefficient (Wildman–Crippen LogP) is 2.79. The monoisotopic (exact) mass is 289 g/mol. The number of benzene rings is 2. The van der Waals surface area contributed by atoms with Crippen molar-refractivity contribution in [3.63, 3.8) is 0 Å². The van der Waals surface area contributed by atoms with Gasteiger partial charge in [-0.3, -0.25) is 0 Å². The van der Waals surface area contributed by atoms with Crippen LogP contribution in [0, 0.1) is 5.92 Å². The number of fused-ring (bicyclic) bond motifs is 1. The van der Waals surface area contributed by atoms with Gasteiger partial charge in [0, 0.05) is 0 Å². The van der Waals surface area contributed by atoms with E-state index in [4.69, 9.17) is 0 Å². The zero-order valence-corrected chi connectivity index (χ0v) is 12.3. The molecule has 0 N–H and O–H groups in total. The van der Waals surface area contributed by atoms with Crippen LogP contribution >= 0.6 is 0 Å². The molecule has 0 aromatic heterocycles. The SMILES string of the molecule is [O-][C@]12CCC[C@H]1C(c1ccccc1)=NN=C2c1ccccc1. The van der Waals surface area contributed by atoms with Crippen molar-refractivity contribution in [3.8, 4) is 0 Å². The summed E-state index contributed by atoms with van der Waals surface area (Å²) < 4.78 is 0. The number of hydrogen-bond acceptors (Lipinski definition) is 3. The highest BCUT2D eigenvalue weighted by atomic mass is 16.3. The van der Waals surface area contributed by atoms with E-state index in [1.165, 1.54) is 0 Å². The molecule has 0 unspecified atom stereocenters. The number of hydrogen-bond donors (Lipinski definition) is 0. The normalized spacial score (nSPS) is 27.0. The molecule has 0 radical (unpaired) electrons. The van der Waals surface area contributed by atoms with E-state index in [2.05, 4.69) is 10.2 Å². The molecule has 1 aliphatic heterocycles. The van der Waals surface area contributed by atoms with E-state index >= 15 is 0 Å². The van der Waals surface area contributed by atoms with E-state index in [0.29, 0.717) is 12.1 Å². The highest BCUT2D eigenvalue weighted by molar-refractivity contribution is 6.15. The Labute approximate surface area is 130 Å². The molecule has 1 aliphatic carbocycles. The minimum Gasteiger partial charge on any atom is -0.844 e. The third kappa shape index (κ3) is 2.01. The van der Waals surface area contributed by atoms with Gasteiger partial charge in [0.2, 0.25) is 0 Å². The molecule has 3 heteroatoms. The van der Waals surface area contributed by atoms with E-state index < -0.39 is 5.60 Å². The van der Waals surface area contributed by atoms with Crippen LogP contribution in [0.5, 0.6) is 0 Å². The fourth-order valence-electron chi connectivity index (χ4n) is 3.64. The van der Waals surface area contributed by atoms with Gasteiger partial charge in [-0.05, 0) is 23.5 Å². The first-order valence-corrected chi connectivity index (χ1v) is 7.76. The van der Waals surface area contributed by atoms with Gasteiger partial charge in [-0.2, -0.15) is 10.2 Å². The van der Waals surface area contributed by atoms with Gasteiger partial charge < -0.3 is 5.11 Å². The minimum absolute atomic E-state index is 0.0809. The molecule has 3 nitrogen and oxygen atoms in total. The van der Waals surface area contributed by atoms with Crippen molar-refractivity contribution in [2.75, 3.05) is 0 Å². The topological polar surface area (TPSA) is 47.8 Å². The highest BCUT2D eigenvalue weighted by Gasteiger charge is 2.42. The lowest BCUT2D eigenvalue weighted by Crippen LogP contribution is -2.58. The first-order chi connectivity index (χ1) is 10.8. The van der Waals surface area contributed by atoms with Gasteiger partial charge >= 0.3 is 0 Å². The summed E-state index contributed by atoms with van der Waals surface area (Å²) in [6.07, 6.45) is 2.46. The molecule has 1 heterocycles. The molecule has 0 saturated heterocycles. The first-order valence-electron chi connectivity index (χ1n) is 7.76. The molecular formula is C19H17N2O-. The van der Waals surface area contributed by atoms with Gasteiger partial charge in [-0.1, -0.05) is 79.1 Å². The lowest BCUT2D eigenvalue weighted by Gasteiger charge is -2.45. The Morgan fingerprint density at radius 3 is 2.18 bits per heavy atom. The number of nitrogens with zero attached hydrogens (tertiary/aromatic N) is 2. The van der Waals surface area contributed by atoms with E-state index in [1.807, 2.05) is 60.7 Å². The molecule has 2 atom stereocenters. The van der Waals surface area contributed by atoms with Crippen molar-refractivity contribution in [1.82, 2.24) is 0 Å². The lowest BCUT2D eigenvalue weighted by atomic mass is 9.78. The fraction of sp³-hybridized carbons (Fsp3) is 0.263. The van der Waals surface area contributed by atoms with Crippen LogP contribution in [0.1, 0.15) is 30.4 Å². The van der Waals surface area contributed by atoms with Crippen LogP contribution in [-0.4, -0.2) is 17.0 Å². The van der Waals surface area contributed by atoms with Crippen LogP contribution < -0.4 is 5.11 Å². The summed E-state index contributed by atoms with van der Waals surface area (Å²) >= 11 is 0. The van der Waals surface area contributed by atoms with Crippen molar-refractivity contribution in [2.45, 2.75) is 24.9 Å². The summed E-state index contributed by atoms with van der Waals surface area (Å²) in [5, 5.41) is 22.4. The summed E-state index contributed by atoms with van der Waals surface area (Å²) in [4.78, 5) is 0. The van der Waals surface area contributed by atoms with E-state index in [9.17, 15) is 5.11 Å². The van der Waals surface area contributed by atoms with Crippen molar-refractivity contribution < 1.29 is 5.11 Å². The summed E-state index contributed by atoms with van der Waals surface area (Å²) in [6, 6.07) is 19.7. The van der Waals surface area contributed by atoms with Crippen molar-refractivity contribution in [1.29, 1.82) is 0 Å². The van der Waals surface area contributed by atoms with Gasteiger partial charge in [0.1, 0.15) is 0 Å². The standard InChI is InChI=1S/C19H17N2O/c22-19-13-7-12-16(19)17(14-8-3-1-4-9-14)20-21-18(19)15-10-5-2-6-11-15/h1-6,8-11,16H,7,12-13H2/q-1/t16-,19+/m0/s1. The van der Waals surface area contributed by atoms with E-state index in [1.54, 1.807) is 0 Å². The summed E-state index contributed by atoms with van der Waals surface area (Å²) in [5.41, 5.74) is 2.24. The molecular weight excluding hydrogens is 272 g/mol. The zero-order chi connectivity index (χ0) is 15.0. The largest absolute Gasteiger partial charge is 0.844 e. The van der Waals surface area contributed by atoms with Crippen LogP contribution in [0.2, 0.25) is 0 Å². The molecule has 1 saturated carbocycles. The van der Waals surface area contributed by atoms with Gasteiger partial charge in [-0.25, -0.2) is 0 Å². The Balaban J connectivity index is 1.84. The minimum atomic E-state index is -1.14. The van der Waals surface area contributed by atoms with Crippen molar-refractivity contribution in [2.24, 2.45) is 16.1 Å². The molecule has 1 fully saturated rings.